The van der Waals surface area contributed by atoms with Crippen LogP contribution in [0.1, 0.15) is 28.1 Å². The monoisotopic (exact) mass is 330 g/mol. The molecule has 5 nitrogen and oxygen atoms in total. The minimum Gasteiger partial charge on any atom is -0.392 e. The van der Waals surface area contributed by atoms with E-state index in [4.69, 9.17) is 5.11 Å². The van der Waals surface area contributed by atoms with Crippen LogP contribution in [0.4, 0.5) is 5.69 Å². The third kappa shape index (κ3) is 3.43. The number of carbonyl (C=O) groups is 2. The summed E-state index contributed by atoms with van der Waals surface area (Å²) >= 11 is 1.39. The lowest BCUT2D eigenvalue weighted by Gasteiger charge is -2.23. The van der Waals surface area contributed by atoms with E-state index in [9.17, 15) is 9.59 Å². The molecule has 0 radical (unpaired) electrons. The molecule has 0 saturated carbocycles. The fourth-order valence-corrected chi connectivity index (χ4v) is 3.48. The van der Waals surface area contributed by atoms with Crippen molar-refractivity contribution in [3.63, 3.8) is 0 Å². The first-order valence-electron chi connectivity index (χ1n) is 7.54. The van der Waals surface area contributed by atoms with E-state index < -0.39 is 6.04 Å². The van der Waals surface area contributed by atoms with Crippen molar-refractivity contribution < 1.29 is 14.7 Å². The maximum atomic E-state index is 12.5. The number of thiophene rings is 1. The largest absolute Gasteiger partial charge is 0.392 e. The highest BCUT2D eigenvalue weighted by atomic mass is 32.1. The van der Waals surface area contributed by atoms with Crippen LogP contribution in [-0.4, -0.2) is 34.4 Å². The average molecular weight is 330 g/mol. The Kier molecular flexibility index (Phi) is 4.73. The number of hydrogen-bond acceptors (Lipinski definition) is 4. The summed E-state index contributed by atoms with van der Waals surface area (Å²) in [7, 11) is 0. The molecule has 2 N–H and O–H groups in total. The molecular weight excluding hydrogens is 312 g/mol. The lowest BCUT2D eigenvalue weighted by Crippen LogP contribution is -2.42. The summed E-state index contributed by atoms with van der Waals surface area (Å²) in [6.45, 7) is 0.529. The Labute approximate surface area is 138 Å². The molecular formula is C17H18N2O3S. The number of benzene rings is 1. The van der Waals surface area contributed by atoms with Crippen molar-refractivity contribution in [1.29, 1.82) is 0 Å². The third-order valence-electron chi connectivity index (χ3n) is 3.93. The van der Waals surface area contributed by atoms with Crippen LogP contribution in [-0.2, 0) is 11.4 Å². The molecule has 6 heteroatoms. The molecule has 1 aliphatic rings. The van der Waals surface area contributed by atoms with Gasteiger partial charge in [0.2, 0.25) is 5.91 Å². The summed E-state index contributed by atoms with van der Waals surface area (Å²) in [4.78, 5) is 27.3. The topological polar surface area (TPSA) is 69.6 Å². The minimum atomic E-state index is -0.442. The van der Waals surface area contributed by atoms with E-state index in [2.05, 4.69) is 5.32 Å². The molecule has 1 aromatic heterocycles. The molecule has 0 bridgehead atoms. The minimum absolute atomic E-state index is 0.0733. The zero-order valence-corrected chi connectivity index (χ0v) is 13.4. The number of nitrogens with one attached hydrogen (secondary N) is 1. The molecule has 1 atom stereocenters. The second-order valence-electron chi connectivity index (χ2n) is 5.48. The molecule has 1 fully saturated rings. The van der Waals surface area contributed by atoms with E-state index in [-0.39, 0.29) is 18.4 Å². The van der Waals surface area contributed by atoms with Crippen molar-refractivity contribution in [3.8, 4) is 0 Å². The smallest absolute Gasteiger partial charge is 0.264 e. The molecule has 2 amide bonds. The van der Waals surface area contributed by atoms with Crippen LogP contribution in [0.25, 0.3) is 0 Å². The van der Waals surface area contributed by atoms with Gasteiger partial charge in [-0.05, 0) is 42.0 Å². The summed E-state index contributed by atoms with van der Waals surface area (Å²) in [6, 6.07) is 10.3. The number of anilines is 1. The van der Waals surface area contributed by atoms with E-state index in [1.807, 2.05) is 11.4 Å². The lowest BCUT2D eigenvalue weighted by atomic mass is 10.1. The van der Waals surface area contributed by atoms with Crippen molar-refractivity contribution in [3.05, 3.63) is 52.2 Å². The molecule has 2 heterocycles. The standard InChI is InChI=1S/C17H18N2O3S/c20-11-12-4-1-5-13(10-12)18-16(21)14-6-2-8-19(14)17(22)15-7-3-9-23-15/h1,3-5,7,9-10,14,20H,2,6,8,11H2,(H,18,21)/t14-/m0/s1. The van der Waals surface area contributed by atoms with Crippen LogP contribution in [0, 0.1) is 0 Å². The van der Waals surface area contributed by atoms with Crippen LogP contribution in [0.2, 0.25) is 0 Å². The van der Waals surface area contributed by atoms with Gasteiger partial charge in [0.1, 0.15) is 6.04 Å². The van der Waals surface area contributed by atoms with Crippen molar-refractivity contribution in [2.24, 2.45) is 0 Å². The quantitative estimate of drug-likeness (QED) is 0.905. The van der Waals surface area contributed by atoms with Gasteiger partial charge in [0, 0.05) is 12.2 Å². The molecule has 0 spiro atoms. The molecule has 2 aromatic rings. The predicted octanol–water partition coefficient (Wildman–Crippen LogP) is 2.48. The second-order valence-corrected chi connectivity index (χ2v) is 6.43. The summed E-state index contributed by atoms with van der Waals surface area (Å²) in [5.41, 5.74) is 1.37. The SMILES string of the molecule is O=C(Nc1cccc(CO)c1)[C@@H]1CCCN1C(=O)c1cccs1. The van der Waals surface area contributed by atoms with Crippen LogP contribution < -0.4 is 5.32 Å². The Morgan fingerprint density at radius 1 is 1.30 bits per heavy atom. The van der Waals surface area contributed by atoms with Gasteiger partial charge in [-0.15, -0.1) is 11.3 Å². The molecule has 3 rings (SSSR count). The van der Waals surface area contributed by atoms with Gasteiger partial charge in [0.05, 0.1) is 11.5 Å². The number of aliphatic hydroxyl groups is 1. The average Bonchev–Trinajstić information content (AvgIpc) is 3.25. The van der Waals surface area contributed by atoms with Gasteiger partial charge in [-0.2, -0.15) is 0 Å². The van der Waals surface area contributed by atoms with Crippen LogP contribution in [0.5, 0.6) is 0 Å². The Bertz CT molecular complexity index is 700. The second kappa shape index (κ2) is 6.93. The number of hydrogen-bond donors (Lipinski definition) is 2. The first-order chi connectivity index (χ1) is 11.2. The van der Waals surface area contributed by atoms with Crippen LogP contribution in [0.15, 0.2) is 41.8 Å². The number of aliphatic hydroxyl groups excluding tert-OH is 1. The highest BCUT2D eigenvalue weighted by molar-refractivity contribution is 7.12. The Balaban J connectivity index is 1.71. The number of likely N-dealkylation sites (tertiary alicyclic amines) is 1. The Morgan fingerprint density at radius 2 is 2.17 bits per heavy atom. The molecule has 0 unspecified atom stereocenters. The Hall–Kier alpha value is -2.18. The highest BCUT2D eigenvalue weighted by Gasteiger charge is 2.34. The van der Waals surface area contributed by atoms with Gasteiger partial charge >= 0.3 is 0 Å². The number of amides is 2. The fraction of sp³-hybridized carbons (Fsp3) is 0.294. The summed E-state index contributed by atoms with van der Waals surface area (Å²) in [5.74, 6) is -0.260. The maximum Gasteiger partial charge on any atom is 0.264 e. The van der Waals surface area contributed by atoms with Gasteiger partial charge in [0.25, 0.3) is 5.91 Å². The van der Waals surface area contributed by atoms with Gasteiger partial charge in [0.15, 0.2) is 0 Å². The van der Waals surface area contributed by atoms with E-state index in [1.165, 1.54) is 11.3 Å². The number of nitrogens with zero attached hydrogens (tertiary/aromatic N) is 1. The highest BCUT2D eigenvalue weighted by Crippen LogP contribution is 2.23. The molecule has 0 aliphatic carbocycles. The summed E-state index contributed by atoms with van der Waals surface area (Å²) < 4.78 is 0. The molecule has 120 valence electrons. The zero-order chi connectivity index (χ0) is 16.2. The van der Waals surface area contributed by atoms with E-state index in [1.54, 1.807) is 35.2 Å². The van der Waals surface area contributed by atoms with Crippen molar-refractivity contribution >= 4 is 28.8 Å². The summed E-state index contributed by atoms with van der Waals surface area (Å²) in [6.07, 6.45) is 1.49. The van der Waals surface area contributed by atoms with Gasteiger partial charge < -0.3 is 15.3 Å². The molecule has 1 saturated heterocycles. The van der Waals surface area contributed by atoms with Crippen LogP contribution >= 0.6 is 11.3 Å². The van der Waals surface area contributed by atoms with E-state index >= 15 is 0 Å². The van der Waals surface area contributed by atoms with Gasteiger partial charge in [-0.25, -0.2) is 0 Å². The number of rotatable bonds is 4. The third-order valence-corrected chi connectivity index (χ3v) is 4.78. The normalized spacial score (nSPS) is 17.3. The molecule has 23 heavy (non-hydrogen) atoms. The number of carbonyl (C=O) groups excluding carboxylic acids is 2. The fourth-order valence-electron chi connectivity index (χ4n) is 2.80. The molecule has 1 aliphatic heterocycles. The Morgan fingerprint density at radius 3 is 2.91 bits per heavy atom. The van der Waals surface area contributed by atoms with Crippen molar-refractivity contribution in [2.75, 3.05) is 11.9 Å². The summed E-state index contributed by atoms with van der Waals surface area (Å²) in [5, 5.41) is 13.9. The first kappa shape index (κ1) is 15.7. The maximum absolute atomic E-state index is 12.5. The van der Waals surface area contributed by atoms with E-state index in [0.717, 1.165) is 12.0 Å². The van der Waals surface area contributed by atoms with E-state index in [0.29, 0.717) is 23.5 Å². The zero-order valence-electron chi connectivity index (χ0n) is 12.6. The first-order valence-corrected chi connectivity index (χ1v) is 8.42. The van der Waals surface area contributed by atoms with Gasteiger partial charge in [-0.1, -0.05) is 18.2 Å². The van der Waals surface area contributed by atoms with Gasteiger partial charge in [-0.3, -0.25) is 9.59 Å². The van der Waals surface area contributed by atoms with Crippen LogP contribution in [0.3, 0.4) is 0 Å². The molecule has 1 aromatic carbocycles. The lowest BCUT2D eigenvalue weighted by molar-refractivity contribution is -0.119. The van der Waals surface area contributed by atoms with Crippen molar-refractivity contribution in [1.82, 2.24) is 4.90 Å². The predicted molar refractivity (Wildman–Crippen MR) is 89.4 cm³/mol. The van der Waals surface area contributed by atoms with Crippen molar-refractivity contribution in [2.45, 2.75) is 25.5 Å².